The number of aliphatic hydroxyl groups is 1. The molecule has 0 saturated carbocycles. The highest BCUT2D eigenvalue weighted by Gasteiger charge is 2.35. The zero-order valence-electron chi connectivity index (χ0n) is 13.5. The molecule has 2 aromatic carbocycles. The molecule has 128 valence electrons. The van der Waals surface area contributed by atoms with Crippen LogP contribution in [0, 0.1) is 5.82 Å². The predicted molar refractivity (Wildman–Crippen MR) is 94.4 cm³/mol. The van der Waals surface area contributed by atoms with Crippen LogP contribution in [0.3, 0.4) is 0 Å². The SMILES string of the molecule is OC1(CNCc2cc(F)cc(Cl)c2)CCN(Cc2ccccc2)C1. The number of nitrogens with one attached hydrogen (secondary N) is 1. The van der Waals surface area contributed by atoms with Crippen molar-refractivity contribution < 1.29 is 9.50 Å². The summed E-state index contributed by atoms with van der Waals surface area (Å²) in [5.74, 6) is -0.340. The fraction of sp³-hybridized carbons (Fsp3) is 0.368. The van der Waals surface area contributed by atoms with E-state index >= 15 is 0 Å². The van der Waals surface area contributed by atoms with E-state index in [0.717, 1.165) is 25.1 Å². The Morgan fingerprint density at radius 3 is 2.71 bits per heavy atom. The van der Waals surface area contributed by atoms with Crippen LogP contribution in [0.4, 0.5) is 4.39 Å². The van der Waals surface area contributed by atoms with Gasteiger partial charge in [-0.05, 0) is 35.7 Å². The molecule has 0 bridgehead atoms. The van der Waals surface area contributed by atoms with Crippen LogP contribution in [0.5, 0.6) is 0 Å². The lowest BCUT2D eigenvalue weighted by Gasteiger charge is -2.24. The number of benzene rings is 2. The fourth-order valence-corrected chi connectivity index (χ4v) is 3.46. The Morgan fingerprint density at radius 2 is 1.96 bits per heavy atom. The largest absolute Gasteiger partial charge is 0.387 e. The molecule has 5 heteroatoms. The van der Waals surface area contributed by atoms with Gasteiger partial charge in [0.15, 0.2) is 0 Å². The van der Waals surface area contributed by atoms with E-state index < -0.39 is 5.60 Å². The summed E-state index contributed by atoms with van der Waals surface area (Å²) in [6, 6.07) is 14.7. The Bertz CT molecular complexity index is 662. The number of hydrogen-bond acceptors (Lipinski definition) is 3. The molecule has 0 aromatic heterocycles. The van der Waals surface area contributed by atoms with Crippen molar-refractivity contribution in [2.45, 2.75) is 25.1 Å². The maximum absolute atomic E-state index is 13.3. The summed E-state index contributed by atoms with van der Waals surface area (Å²) in [5.41, 5.74) is 1.29. The van der Waals surface area contributed by atoms with E-state index in [0.29, 0.717) is 24.7 Å². The number of β-amino-alcohol motifs (C(OH)–C–C–N with tert-alkyl or cyclic N) is 1. The first-order valence-corrected chi connectivity index (χ1v) is 8.55. The Labute approximate surface area is 147 Å². The highest BCUT2D eigenvalue weighted by molar-refractivity contribution is 6.30. The van der Waals surface area contributed by atoms with E-state index in [2.05, 4.69) is 22.3 Å². The Hall–Kier alpha value is -1.46. The third-order valence-corrected chi connectivity index (χ3v) is 4.58. The van der Waals surface area contributed by atoms with E-state index in [9.17, 15) is 9.50 Å². The van der Waals surface area contributed by atoms with E-state index in [4.69, 9.17) is 11.6 Å². The van der Waals surface area contributed by atoms with Gasteiger partial charge in [-0.1, -0.05) is 41.9 Å². The molecule has 2 aromatic rings. The minimum Gasteiger partial charge on any atom is -0.387 e. The number of rotatable bonds is 6. The highest BCUT2D eigenvalue weighted by Crippen LogP contribution is 2.22. The fourth-order valence-electron chi connectivity index (χ4n) is 3.21. The first-order chi connectivity index (χ1) is 11.5. The molecule has 3 nitrogen and oxygen atoms in total. The highest BCUT2D eigenvalue weighted by atomic mass is 35.5. The second-order valence-electron chi connectivity index (χ2n) is 6.55. The van der Waals surface area contributed by atoms with Crippen molar-refractivity contribution in [1.29, 1.82) is 0 Å². The van der Waals surface area contributed by atoms with Gasteiger partial charge in [-0.25, -0.2) is 4.39 Å². The average molecular weight is 349 g/mol. The lowest BCUT2D eigenvalue weighted by Crippen LogP contribution is -2.42. The molecule has 1 aliphatic rings. The first kappa shape index (κ1) is 17.4. The molecule has 1 unspecified atom stereocenters. The van der Waals surface area contributed by atoms with Crippen molar-refractivity contribution in [3.8, 4) is 0 Å². The maximum atomic E-state index is 13.3. The van der Waals surface area contributed by atoms with E-state index in [1.54, 1.807) is 6.07 Å². The van der Waals surface area contributed by atoms with Crippen LogP contribution < -0.4 is 5.32 Å². The van der Waals surface area contributed by atoms with Crippen LogP contribution >= 0.6 is 11.6 Å². The zero-order valence-corrected chi connectivity index (χ0v) is 14.3. The van der Waals surface area contributed by atoms with Gasteiger partial charge in [-0.3, -0.25) is 4.90 Å². The summed E-state index contributed by atoms with van der Waals surface area (Å²) in [6.45, 7) is 3.32. The summed E-state index contributed by atoms with van der Waals surface area (Å²) >= 11 is 5.86. The van der Waals surface area contributed by atoms with Crippen LogP contribution in [0.2, 0.25) is 5.02 Å². The van der Waals surface area contributed by atoms with Crippen molar-refractivity contribution in [3.05, 3.63) is 70.5 Å². The van der Waals surface area contributed by atoms with E-state index in [1.807, 2.05) is 18.2 Å². The average Bonchev–Trinajstić information content (AvgIpc) is 2.88. The van der Waals surface area contributed by atoms with Crippen molar-refractivity contribution >= 4 is 11.6 Å². The molecule has 1 aliphatic heterocycles. The van der Waals surface area contributed by atoms with E-state index in [-0.39, 0.29) is 5.82 Å². The second-order valence-corrected chi connectivity index (χ2v) is 6.99. The van der Waals surface area contributed by atoms with Gasteiger partial charge < -0.3 is 10.4 Å². The number of likely N-dealkylation sites (tertiary alicyclic amines) is 1. The van der Waals surface area contributed by atoms with Gasteiger partial charge in [0.05, 0.1) is 5.60 Å². The molecule has 3 rings (SSSR count). The van der Waals surface area contributed by atoms with Gasteiger partial charge in [0.2, 0.25) is 0 Å². The lowest BCUT2D eigenvalue weighted by atomic mass is 10.0. The minimum absolute atomic E-state index is 0.340. The second kappa shape index (κ2) is 7.62. The molecule has 1 atom stereocenters. The summed E-state index contributed by atoms with van der Waals surface area (Å²) in [6.07, 6.45) is 0.733. The van der Waals surface area contributed by atoms with Crippen molar-refractivity contribution in [3.63, 3.8) is 0 Å². The third kappa shape index (κ3) is 4.77. The maximum Gasteiger partial charge on any atom is 0.125 e. The zero-order chi connectivity index (χ0) is 17.0. The molecular weight excluding hydrogens is 327 g/mol. The quantitative estimate of drug-likeness (QED) is 0.841. The molecule has 0 radical (unpaired) electrons. The molecule has 0 spiro atoms. The van der Waals surface area contributed by atoms with Gasteiger partial charge >= 0.3 is 0 Å². The lowest BCUT2D eigenvalue weighted by molar-refractivity contribution is 0.0481. The number of hydrogen-bond donors (Lipinski definition) is 2. The van der Waals surface area contributed by atoms with Crippen LogP contribution in [0.15, 0.2) is 48.5 Å². The molecule has 0 amide bonds. The summed E-state index contributed by atoms with van der Waals surface area (Å²) < 4.78 is 13.3. The number of nitrogens with zero attached hydrogens (tertiary/aromatic N) is 1. The normalized spacial score (nSPS) is 21.3. The predicted octanol–water partition coefficient (Wildman–Crippen LogP) is 3.21. The van der Waals surface area contributed by atoms with Crippen molar-refractivity contribution in [1.82, 2.24) is 10.2 Å². The van der Waals surface area contributed by atoms with Gasteiger partial charge in [0.1, 0.15) is 5.82 Å². The monoisotopic (exact) mass is 348 g/mol. The van der Waals surface area contributed by atoms with Crippen LogP contribution in [0.1, 0.15) is 17.5 Å². The van der Waals surface area contributed by atoms with Crippen LogP contribution in [0.25, 0.3) is 0 Å². The molecule has 1 saturated heterocycles. The molecule has 1 fully saturated rings. The summed E-state index contributed by atoms with van der Waals surface area (Å²) in [4.78, 5) is 2.26. The smallest absolute Gasteiger partial charge is 0.125 e. The van der Waals surface area contributed by atoms with Gasteiger partial charge in [0, 0.05) is 37.7 Å². The van der Waals surface area contributed by atoms with Gasteiger partial charge in [0.25, 0.3) is 0 Å². The molecule has 24 heavy (non-hydrogen) atoms. The van der Waals surface area contributed by atoms with Gasteiger partial charge in [-0.2, -0.15) is 0 Å². The Morgan fingerprint density at radius 1 is 1.17 bits per heavy atom. The minimum atomic E-state index is -0.744. The third-order valence-electron chi connectivity index (χ3n) is 4.37. The summed E-state index contributed by atoms with van der Waals surface area (Å²) in [5, 5.41) is 14.3. The molecule has 2 N–H and O–H groups in total. The Balaban J connectivity index is 1.48. The van der Waals surface area contributed by atoms with Crippen LogP contribution in [-0.2, 0) is 13.1 Å². The van der Waals surface area contributed by atoms with Crippen molar-refractivity contribution in [2.75, 3.05) is 19.6 Å². The molecule has 0 aliphatic carbocycles. The Kier molecular flexibility index (Phi) is 5.51. The van der Waals surface area contributed by atoms with Crippen LogP contribution in [-0.4, -0.2) is 35.2 Å². The van der Waals surface area contributed by atoms with E-state index in [1.165, 1.54) is 17.7 Å². The first-order valence-electron chi connectivity index (χ1n) is 8.17. The standard InChI is InChI=1S/C19H22ClFN2O/c20-17-8-16(9-18(21)10-17)11-22-13-19(24)6-7-23(14-19)12-15-4-2-1-3-5-15/h1-5,8-10,22,24H,6-7,11-14H2. The molecule has 1 heterocycles. The van der Waals surface area contributed by atoms with Gasteiger partial charge in [-0.15, -0.1) is 0 Å². The topological polar surface area (TPSA) is 35.5 Å². The van der Waals surface area contributed by atoms with Crippen molar-refractivity contribution in [2.24, 2.45) is 0 Å². The number of halogens is 2. The molecular formula is C19H22ClFN2O. The summed E-state index contributed by atoms with van der Waals surface area (Å²) in [7, 11) is 0.